The molecule has 0 aliphatic heterocycles. The van der Waals surface area contributed by atoms with Crippen LogP contribution in [0, 0.1) is 12.7 Å². The quantitative estimate of drug-likeness (QED) is 0.849. The Morgan fingerprint density at radius 2 is 2.21 bits per heavy atom. The molecule has 1 aromatic heterocycles. The number of hydrogen-bond acceptors (Lipinski definition) is 5. The van der Waals surface area contributed by atoms with E-state index in [2.05, 4.69) is 14.7 Å². The van der Waals surface area contributed by atoms with E-state index in [1.54, 1.807) is 31.3 Å². The van der Waals surface area contributed by atoms with Crippen LogP contribution in [0.15, 0.2) is 35.6 Å². The molecule has 2 rings (SSSR count). The first kappa shape index (κ1) is 13.6. The summed E-state index contributed by atoms with van der Waals surface area (Å²) < 4.78 is 22.4. The minimum Gasteiger partial charge on any atom is -0.493 e. The van der Waals surface area contributed by atoms with Crippen LogP contribution in [0.5, 0.6) is 5.75 Å². The van der Waals surface area contributed by atoms with Crippen LogP contribution in [-0.4, -0.2) is 16.6 Å². The fourth-order valence-electron chi connectivity index (χ4n) is 1.49. The summed E-state index contributed by atoms with van der Waals surface area (Å²) in [5.41, 5.74) is 0.510. The molecule has 0 saturated heterocycles. The molecule has 0 atom stereocenters. The lowest BCUT2D eigenvalue weighted by molar-refractivity contribution is 0.334. The second-order valence-corrected chi connectivity index (χ2v) is 4.58. The highest BCUT2D eigenvalue weighted by atomic mass is 32.2. The predicted octanol–water partition coefficient (Wildman–Crippen LogP) is 3.44. The lowest BCUT2D eigenvalue weighted by Gasteiger charge is -2.11. The molecular formula is C13H14FN3OS. The van der Waals surface area contributed by atoms with Crippen LogP contribution in [-0.2, 0) is 0 Å². The number of nitrogens with zero attached hydrogens (tertiary/aromatic N) is 2. The van der Waals surface area contributed by atoms with Gasteiger partial charge in [0.1, 0.15) is 23.7 Å². The molecule has 0 spiro atoms. The van der Waals surface area contributed by atoms with Crippen molar-refractivity contribution in [3.8, 4) is 5.75 Å². The first-order valence-corrected chi connectivity index (χ1v) is 6.64. The van der Waals surface area contributed by atoms with Gasteiger partial charge in [-0.2, -0.15) is 0 Å². The van der Waals surface area contributed by atoms with Crippen molar-refractivity contribution in [2.24, 2.45) is 0 Å². The summed E-state index contributed by atoms with van der Waals surface area (Å²) in [5, 5.41) is 0. The molecule has 2 aromatic rings. The van der Waals surface area contributed by atoms with Gasteiger partial charge in [-0.1, -0.05) is 0 Å². The van der Waals surface area contributed by atoms with Gasteiger partial charge in [0.15, 0.2) is 0 Å². The molecule has 19 heavy (non-hydrogen) atoms. The summed E-state index contributed by atoms with van der Waals surface area (Å²) in [6, 6.07) is 5.17. The molecule has 0 amide bonds. The first-order chi connectivity index (χ1) is 9.22. The number of hydrogen-bond donors (Lipinski definition) is 1. The Balaban J connectivity index is 2.11. The maximum atomic E-state index is 14.1. The number of halogens is 1. The average molecular weight is 279 g/mol. The Labute approximate surface area is 115 Å². The third kappa shape index (κ3) is 3.35. The Hall–Kier alpha value is -1.82. The second-order valence-electron chi connectivity index (χ2n) is 3.73. The van der Waals surface area contributed by atoms with Crippen molar-refractivity contribution in [3.05, 3.63) is 42.1 Å². The van der Waals surface area contributed by atoms with Gasteiger partial charge >= 0.3 is 0 Å². The smallest absolute Gasteiger partial charge is 0.145 e. The third-order valence-electron chi connectivity index (χ3n) is 2.45. The SMILES string of the molecule is CCOc1ccc(SNc2ccncn2)c(F)c1C. The van der Waals surface area contributed by atoms with E-state index in [0.717, 1.165) is 0 Å². The van der Waals surface area contributed by atoms with Gasteiger partial charge in [-0.15, -0.1) is 0 Å². The molecular weight excluding hydrogens is 265 g/mol. The molecule has 4 nitrogen and oxygen atoms in total. The first-order valence-electron chi connectivity index (χ1n) is 5.83. The van der Waals surface area contributed by atoms with Gasteiger partial charge < -0.3 is 9.46 Å². The van der Waals surface area contributed by atoms with Crippen molar-refractivity contribution in [2.75, 3.05) is 11.3 Å². The van der Waals surface area contributed by atoms with E-state index < -0.39 is 0 Å². The Morgan fingerprint density at radius 1 is 1.37 bits per heavy atom. The van der Waals surface area contributed by atoms with Crippen LogP contribution in [0.2, 0.25) is 0 Å². The summed E-state index contributed by atoms with van der Waals surface area (Å²) >= 11 is 1.17. The van der Waals surface area contributed by atoms with E-state index >= 15 is 0 Å². The standard InChI is InChI=1S/C13H14FN3OS/c1-3-18-10-4-5-11(13(14)9(10)2)19-17-12-6-7-15-8-16-12/h4-8H,3H2,1-2H3,(H,15,16,17). The molecule has 0 aliphatic carbocycles. The molecule has 0 fully saturated rings. The van der Waals surface area contributed by atoms with Gasteiger partial charge in [0.25, 0.3) is 0 Å². The number of aromatic nitrogens is 2. The normalized spacial score (nSPS) is 10.3. The van der Waals surface area contributed by atoms with Crippen LogP contribution in [0.4, 0.5) is 10.2 Å². The van der Waals surface area contributed by atoms with Gasteiger partial charge in [-0.3, -0.25) is 0 Å². The van der Waals surface area contributed by atoms with Gasteiger partial charge in [-0.05, 0) is 44.0 Å². The molecule has 0 radical (unpaired) electrons. The van der Waals surface area contributed by atoms with Gasteiger partial charge in [0.05, 0.1) is 11.5 Å². The highest BCUT2D eigenvalue weighted by Gasteiger charge is 2.11. The summed E-state index contributed by atoms with van der Waals surface area (Å²) in [7, 11) is 0. The molecule has 1 N–H and O–H groups in total. The van der Waals surface area contributed by atoms with Gasteiger partial charge in [0, 0.05) is 11.8 Å². The summed E-state index contributed by atoms with van der Waals surface area (Å²) in [6.07, 6.45) is 3.05. The number of anilines is 1. The molecule has 0 unspecified atom stereocenters. The van der Waals surface area contributed by atoms with E-state index in [1.165, 1.54) is 18.3 Å². The highest BCUT2D eigenvalue weighted by Crippen LogP contribution is 2.30. The van der Waals surface area contributed by atoms with E-state index in [-0.39, 0.29) is 5.82 Å². The van der Waals surface area contributed by atoms with Crippen molar-refractivity contribution >= 4 is 17.8 Å². The number of nitrogens with one attached hydrogen (secondary N) is 1. The van der Waals surface area contributed by atoms with Crippen LogP contribution in [0.25, 0.3) is 0 Å². The maximum Gasteiger partial charge on any atom is 0.145 e. The van der Waals surface area contributed by atoms with Gasteiger partial charge in [0.2, 0.25) is 0 Å². The fourth-order valence-corrected chi connectivity index (χ4v) is 2.21. The molecule has 0 bridgehead atoms. The molecule has 0 saturated carbocycles. The van der Waals surface area contributed by atoms with Crippen LogP contribution in [0.3, 0.4) is 0 Å². The largest absolute Gasteiger partial charge is 0.493 e. The average Bonchev–Trinajstić information content (AvgIpc) is 2.44. The number of rotatable bonds is 5. The zero-order valence-electron chi connectivity index (χ0n) is 10.7. The topological polar surface area (TPSA) is 47.0 Å². The van der Waals surface area contributed by atoms with E-state index in [4.69, 9.17) is 4.74 Å². The minimum absolute atomic E-state index is 0.280. The molecule has 0 aliphatic rings. The molecule has 1 aromatic carbocycles. The van der Waals surface area contributed by atoms with Crippen molar-refractivity contribution in [1.29, 1.82) is 0 Å². The summed E-state index contributed by atoms with van der Waals surface area (Å²) in [6.45, 7) is 4.09. The van der Waals surface area contributed by atoms with Crippen molar-refractivity contribution < 1.29 is 9.13 Å². The molecule has 1 heterocycles. The van der Waals surface area contributed by atoms with Crippen LogP contribution < -0.4 is 9.46 Å². The zero-order valence-corrected chi connectivity index (χ0v) is 11.5. The minimum atomic E-state index is -0.280. The maximum absolute atomic E-state index is 14.1. The Morgan fingerprint density at radius 3 is 2.89 bits per heavy atom. The van der Waals surface area contributed by atoms with Crippen molar-refractivity contribution in [3.63, 3.8) is 0 Å². The Kier molecular flexibility index (Phi) is 4.57. The lowest BCUT2D eigenvalue weighted by atomic mass is 10.2. The van der Waals surface area contributed by atoms with Crippen molar-refractivity contribution in [2.45, 2.75) is 18.7 Å². The van der Waals surface area contributed by atoms with E-state index in [0.29, 0.717) is 28.6 Å². The highest BCUT2D eigenvalue weighted by molar-refractivity contribution is 8.00. The molecule has 6 heteroatoms. The number of benzene rings is 1. The molecule has 100 valence electrons. The van der Waals surface area contributed by atoms with Crippen molar-refractivity contribution in [1.82, 2.24) is 9.97 Å². The summed E-state index contributed by atoms with van der Waals surface area (Å²) in [5.74, 6) is 0.926. The summed E-state index contributed by atoms with van der Waals surface area (Å²) in [4.78, 5) is 8.32. The van der Waals surface area contributed by atoms with E-state index in [9.17, 15) is 4.39 Å². The number of ether oxygens (including phenoxy) is 1. The predicted molar refractivity (Wildman–Crippen MR) is 73.8 cm³/mol. The Bertz CT molecular complexity index is 551. The third-order valence-corrected chi connectivity index (χ3v) is 3.30. The second kappa shape index (κ2) is 6.38. The van der Waals surface area contributed by atoms with E-state index in [1.807, 2.05) is 6.92 Å². The monoisotopic (exact) mass is 279 g/mol. The van der Waals surface area contributed by atoms with Crippen LogP contribution in [0.1, 0.15) is 12.5 Å². The van der Waals surface area contributed by atoms with Gasteiger partial charge in [-0.25, -0.2) is 14.4 Å². The van der Waals surface area contributed by atoms with Crippen LogP contribution >= 0.6 is 11.9 Å². The zero-order chi connectivity index (χ0) is 13.7. The fraction of sp³-hybridized carbons (Fsp3) is 0.231. The lowest BCUT2D eigenvalue weighted by Crippen LogP contribution is -1.98.